The van der Waals surface area contributed by atoms with Crippen molar-refractivity contribution in [2.45, 2.75) is 25.2 Å². The summed E-state index contributed by atoms with van der Waals surface area (Å²) in [4.78, 5) is 21.2. The van der Waals surface area contributed by atoms with E-state index in [-0.39, 0.29) is 22.7 Å². The second-order valence-corrected chi connectivity index (χ2v) is 8.59. The average molecular weight is 606 g/mol. The zero-order chi connectivity index (χ0) is 27.7. The minimum absolute atomic E-state index is 0.0447. The van der Waals surface area contributed by atoms with Gasteiger partial charge in [-0.05, 0) is 48.9 Å². The van der Waals surface area contributed by atoms with Crippen LogP contribution in [0.2, 0.25) is 5.02 Å². The number of hydrogen-bond donors (Lipinski definition) is 2. The Morgan fingerprint density at radius 2 is 1.78 bits per heavy atom. The Hall–Kier alpha value is -2.44. The summed E-state index contributed by atoms with van der Waals surface area (Å²) in [7, 11) is 1.48. The van der Waals surface area contributed by atoms with Crippen LogP contribution in [0.3, 0.4) is 0 Å². The van der Waals surface area contributed by atoms with Crippen molar-refractivity contribution in [2.75, 3.05) is 20.1 Å². The minimum atomic E-state index is -4.57. The van der Waals surface area contributed by atoms with Crippen molar-refractivity contribution in [3.63, 3.8) is 0 Å². The molecule has 2 aromatic rings. The van der Waals surface area contributed by atoms with Gasteiger partial charge in [0.2, 0.25) is 5.91 Å². The second-order valence-electron chi connectivity index (χ2n) is 7.33. The van der Waals surface area contributed by atoms with E-state index < -0.39 is 36.5 Å². The Kier molecular flexibility index (Phi) is 12.1. The van der Waals surface area contributed by atoms with E-state index in [0.717, 1.165) is 18.2 Å². The van der Waals surface area contributed by atoms with Gasteiger partial charge in [-0.15, -0.1) is 0 Å². The quantitative estimate of drug-likeness (QED) is 0.276. The van der Waals surface area contributed by atoms with Crippen LogP contribution in [0.4, 0.5) is 30.7 Å². The number of carbonyl (C=O) groups is 2. The van der Waals surface area contributed by atoms with Crippen LogP contribution >= 0.6 is 27.5 Å². The Morgan fingerprint density at radius 3 is 2.25 bits per heavy atom. The molecule has 36 heavy (non-hydrogen) atoms. The number of rotatable bonds is 7. The summed E-state index contributed by atoms with van der Waals surface area (Å²) in [5.74, 6) is -3.33. The van der Waals surface area contributed by atoms with Crippen LogP contribution in [-0.4, -0.2) is 44.7 Å². The summed E-state index contributed by atoms with van der Waals surface area (Å²) in [5.41, 5.74) is 0.779. The lowest BCUT2D eigenvalue weighted by atomic mass is 9.95. The molecule has 0 radical (unpaired) electrons. The van der Waals surface area contributed by atoms with E-state index in [1.807, 2.05) is 0 Å². The van der Waals surface area contributed by atoms with E-state index >= 15 is 0 Å². The van der Waals surface area contributed by atoms with Gasteiger partial charge in [-0.1, -0.05) is 51.8 Å². The number of nitrogens with one attached hydrogen (secondary N) is 2. The van der Waals surface area contributed by atoms with E-state index in [1.165, 1.54) is 38.2 Å². The molecule has 0 heterocycles. The van der Waals surface area contributed by atoms with E-state index in [2.05, 4.69) is 21.2 Å². The largest absolute Gasteiger partial charge is 0.405 e. The first-order valence-electron chi connectivity index (χ1n) is 10.0. The average Bonchev–Trinajstić information content (AvgIpc) is 2.75. The lowest BCUT2D eigenvalue weighted by molar-refractivity contribution is -0.139. The first-order valence-corrected chi connectivity index (χ1v) is 11.2. The van der Waals surface area contributed by atoms with Gasteiger partial charge in [-0.25, -0.2) is 4.39 Å². The van der Waals surface area contributed by atoms with Crippen molar-refractivity contribution in [2.24, 2.45) is 0 Å². The molecular weight excluding hydrogens is 585 g/mol. The van der Waals surface area contributed by atoms with Crippen molar-refractivity contribution in [1.29, 1.82) is 0 Å². The third-order valence-corrected chi connectivity index (χ3v) is 5.36. The number of benzene rings is 2. The van der Waals surface area contributed by atoms with Crippen LogP contribution in [-0.2, 0) is 4.79 Å². The fourth-order valence-electron chi connectivity index (χ4n) is 2.71. The van der Waals surface area contributed by atoms with Gasteiger partial charge < -0.3 is 10.6 Å². The normalized spacial score (nSPS) is 12.6. The molecule has 0 saturated carbocycles. The number of halogens is 9. The molecule has 2 aromatic carbocycles. The van der Waals surface area contributed by atoms with Crippen molar-refractivity contribution in [1.82, 2.24) is 10.6 Å². The highest BCUT2D eigenvalue weighted by molar-refractivity contribution is 9.10. The molecule has 0 spiro atoms. The number of hydrogen-bond acceptors (Lipinski definition) is 3. The van der Waals surface area contributed by atoms with Gasteiger partial charge in [0.05, 0.1) is 17.5 Å². The number of alkyl halides is 6. The lowest BCUT2D eigenvalue weighted by Gasteiger charge is -2.18. The van der Waals surface area contributed by atoms with Crippen molar-refractivity contribution in [3.8, 4) is 0 Å². The van der Waals surface area contributed by atoms with Gasteiger partial charge in [-0.3, -0.25) is 9.59 Å². The van der Waals surface area contributed by atoms with E-state index in [0.29, 0.717) is 21.9 Å². The summed E-state index contributed by atoms with van der Waals surface area (Å²) in [6.07, 6.45) is -5.98. The highest BCUT2D eigenvalue weighted by atomic mass is 79.9. The molecule has 1 amide bonds. The number of likely N-dealkylation sites (N-methyl/N-ethyl adjacent to an activating group) is 1. The topological polar surface area (TPSA) is 58.2 Å². The number of aryl methyl sites for hydroxylation is 1. The third kappa shape index (κ3) is 10.7. The summed E-state index contributed by atoms with van der Waals surface area (Å²) >= 11 is 8.86. The number of allylic oxidation sites excluding steroid dienone is 1. The zero-order valence-electron chi connectivity index (χ0n) is 18.8. The monoisotopic (exact) mass is 604 g/mol. The molecule has 0 aliphatic carbocycles. The van der Waals surface area contributed by atoms with Crippen molar-refractivity contribution >= 4 is 45.8 Å². The molecule has 0 aromatic heterocycles. The maximum atomic E-state index is 13.6. The first kappa shape index (κ1) is 31.6. The van der Waals surface area contributed by atoms with Crippen molar-refractivity contribution in [3.05, 3.63) is 74.0 Å². The fraction of sp³-hybridized carbons (Fsp3) is 0.304. The molecule has 0 aliphatic rings. The number of amides is 1. The van der Waals surface area contributed by atoms with Gasteiger partial charge in [0, 0.05) is 10.0 Å². The van der Waals surface area contributed by atoms with Crippen LogP contribution in [0.15, 0.2) is 40.9 Å². The summed E-state index contributed by atoms with van der Waals surface area (Å²) in [6.45, 7) is -0.0132. The maximum absolute atomic E-state index is 13.6. The van der Waals surface area contributed by atoms with Gasteiger partial charge >= 0.3 is 12.4 Å². The Balaban J connectivity index is 0.000000497. The van der Waals surface area contributed by atoms with E-state index in [9.17, 15) is 40.3 Å². The maximum Gasteiger partial charge on any atom is 0.405 e. The molecule has 1 unspecified atom stereocenters. The third-order valence-electron chi connectivity index (χ3n) is 4.40. The van der Waals surface area contributed by atoms with Gasteiger partial charge in [0.25, 0.3) is 0 Å². The predicted molar refractivity (Wildman–Crippen MR) is 126 cm³/mol. The molecule has 0 bridgehead atoms. The van der Waals surface area contributed by atoms with Gasteiger partial charge in [0.15, 0.2) is 6.29 Å². The number of aldehydes is 1. The molecule has 4 nitrogen and oxygen atoms in total. The van der Waals surface area contributed by atoms with Crippen LogP contribution in [0, 0.1) is 12.7 Å². The Bertz CT molecular complexity index is 1070. The lowest BCUT2D eigenvalue weighted by Crippen LogP contribution is -2.38. The highest BCUT2D eigenvalue weighted by Crippen LogP contribution is 2.38. The second kappa shape index (κ2) is 13.8. The molecule has 0 saturated heterocycles. The number of carbonyl (C=O) groups excluding carboxylic acids is 2. The van der Waals surface area contributed by atoms with Gasteiger partial charge in [-0.2, -0.15) is 26.3 Å². The molecule has 0 aliphatic heterocycles. The van der Waals surface area contributed by atoms with Crippen LogP contribution in [0.5, 0.6) is 0 Å². The predicted octanol–water partition coefficient (Wildman–Crippen LogP) is 6.61. The zero-order valence-corrected chi connectivity index (χ0v) is 21.2. The standard InChI is InChI=1S/C18H12BrClF4O.C5H9F3N2O/c1-10-6-13(8-16(20)17(10)21)14(18(22,23)24)5-3-11-2-4-12(9-25)15(19)7-11;1-9-2-4(11)10-3-5(6,7)8/h2-9,14H,1H3;9H,2-3H2,1H3,(H,10,11)/b5-3+;. The molecule has 0 fully saturated rings. The molecule has 1 atom stereocenters. The van der Waals surface area contributed by atoms with Crippen LogP contribution in [0.1, 0.15) is 33.0 Å². The van der Waals surface area contributed by atoms with E-state index in [1.54, 1.807) is 5.32 Å². The fourth-order valence-corrected chi connectivity index (χ4v) is 3.48. The molecular formula is C23H21BrClF7N2O2. The minimum Gasteiger partial charge on any atom is -0.346 e. The van der Waals surface area contributed by atoms with Crippen LogP contribution in [0.25, 0.3) is 6.08 Å². The van der Waals surface area contributed by atoms with Crippen LogP contribution < -0.4 is 10.6 Å². The summed E-state index contributed by atoms with van der Waals surface area (Å²) < 4.78 is 88.6. The molecule has 198 valence electrons. The van der Waals surface area contributed by atoms with E-state index in [4.69, 9.17) is 11.6 Å². The van der Waals surface area contributed by atoms with Crippen molar-refractivity contribution < 1.29 is 40.3 Å². The molecule has 13 heteroatoms. The summed E-state index contributed by atoms with van der Waals surface area (Å²) in [5, 5.41) is 3.77. The Morgan fingerprint density at radius 1 is 1.14 bits per heavy atom. The summed E-state index contributed by atoms with van der Waals surface area (Å²) in [6, 6.07) is 6.68. The Labute approximate surface area is 216 Å². The molecule has 2 rings (SSSR count). The smallest absolute Gasteiger partial charge is 0.346 e. The first-order chi connectivity index (χ1) is 16.6. The highest BCUT2D eigenvalue weighted by Gasteiger charge is 2.39. The molecule has 2 N–H and O–H groups in total. The SMILES string of the molecule is CNCC(=O)NCC(F)(F)F.Cc1cc(C(/C=C/c2ccc(C=O)c(Br)c2)C(F)(F)F)cc(Cl)c1F. The van der Waals surface area contributed by atoms with Gasteiger partial charge in [0.1, 0.15) is 12.4 Å².